The second-order valence-electron chi connectivity index (χ2n) is 6.92. The highest BCUT2D eigenvalue weighted by Crippen LogP contribution is 2.09. The van der Waals surface area contributed by atoms with Gasteiger partial charge in [-0.25, -0.2) is 9.78 Å². The highest BCUT2D eigenvalue weighted by molar-refractivity contribution is 5.89. The molecule has 0 aliphatic carbocycles. The van der Waals surface area contributed by atoms with Crippen molar-refractivity contribution in [3.8, 4) is 0 Å². The Balaban J connectivity index is 1.38. The van der Waals surface area contributed by atoms with Crippen molar-refractivity contribution >= 4 is 17.4 Å². The molecule has 0 spiro atoms. The van der Waals surface area contributed by atoms with Crippen LogP contribution < -0.4 is 10.9 Å². The van der Waals surface area contributed by atoms with Gasteiger partial charge in [-0.05, 0) is 36.8 Å². The van der Waals surface area contributed by atoms with Gasteiger partial charge in [0.05, 0.1) is 11.9 Å². The van der Waals surface area contributed by atoms with Gasteiger partial charge in [-0.3, -0.25) is 19.1 Å². The number of fused-ring (bicyclic) bond motifs is 1. The molecular formula is C20H22N6O2. The van der Waals surface area contributed by atoms with Crippen molar-refractivity contribution < 1.29 is 4.79 Å². The number of carbonyl (C=O) groups excluding carboxylic acids is 1. The maximum absolute atomic E-state index is 12.6. The largest absolute Gasteiger partial charge is 0.322 e. The number of anilines is 1. The van der Waals surface area contributed by atoms with Gasteiger partial charge in [0.15, 0.2) is 0 Å². The number of carbonyl (C=O) groups is 1. The van der Waals surface area contributed by atoms with E-state index in [4.69, 9.17) is 0 Å². The Kier molecular flexibility index (Phi) is 5.03. The predicted molar refractivity (Wildman–Crippen MR) is 106 cm³/mol. The van der Waals surface area contributed by atoms with Crippen LogP contribution in [0.3, 0.4) is 0 Å². The Morgan fingerprint density at radius 2 is 1.96 bits per heavy atom. The zero-order valence-corrected chi connectivity index (χ0v) is 15.7. The van der Waals surface area contributed by atoms with E-state index in [2.05, 4.69) is 20.2 Å². The molecule has 4 rings (SSSR count). The number of urea groups is 1. The fraction of sp³-hybridized carbons (Fsp3) is 0.300. The van der Waals surface area contributed by atoms with E-state index >= 15 is 0 Å². The molecule has 1 fully saturated rings. The first kappa shape index (κ1) is 18.1. The van der Waals surface area contributed by atoms with Gasteiger partial charge in [-0.1, -0.05) is 6.07 Å². The molecule has 3 aromatic heterocycles. The molecule has 0 saturated carbocycles. The standard InChI is InChI=1S/C20H22N6O2/c1-15-5-7-26-18(12-15)22-13-17(19(26)27)23-20(28)25-10-8-24(9-11-25)14-16-4-2-3-6-21-16/h2-7,12-13H,8-11,14H2,1H3,(H,23,28). The van der Waals surface area contributed by atoms with Crippen LogP contribution in [0.4, 0.5) is 10.5 Å². The summed E-state index contributed by atoms with van der Waals surface area (Å²) in [5.41, 5.74) is 2.50. The number of piperazine rings is 1. The van der Waals surface area contributed by atoms with Gasteiger partial charge in [0.2, 0.25) is 0 Å². The number of aromatic nitrogens is 3. The van der Waals surface area contributed by atoms with Gasteiger partial charge < -0.3 is 10.2 Å². The average molecular weight is 378 g/mol. The monoisotopic (exact) mass is 378 g/mol. The SMILES string of the molecule is Cc1ccn2c(=O)c(NC(=O)N3CCN(Cc4ccccn4)CC3)cnc2c1. The smallest absolute Gasteiger partial charge is 0.322 e. The van der Waals surface area contributed by atoms with E-state index in [1.807, 2.05) is 37.3 Å². The summed E-state index contributed by atoms with van der Waals surface area (Å²) in [7, 11) is 0. The lowest BCUT2D eigenvalue weighted by atomic mass is 10.3. The molecule has 144 valence electrons. The molecule has 1 aliphatic heterocycles. The molecule has 2 amide bonds. The Morgan fingerprint density at radius 3 is 2.71 bits per heavy atom. The van der Waals surface area contributed by atoms with Crippen LogP contribution in [0.15, 0.2) is 53.7 Å². The minimum atomic E-state index is -0.285. The number of nitrogens with one attached hydrogen (secondary N) is 1. The first-order valence-electron chi connectivity index (χ1n) is 9.26. The zero-order chi connectivity index (χ0) is 19.5. The summed E-state index contributed by atoms with van der Waals surface area (Å²) in [4.78, 5) is 37.8. The van der Waals surface area contributed by atoms with Crippen molar-refractivity contribution in [2.75, 3.05) is 31.5 Å². The molecule has 4 heterocycles. The third-order valence-corrected chi connectivity index (χ3v) is 4.88. The molecule has 1 N–H and O–H groups in total. The first-order valence-corrected chi connectivity index (χ1v) is 9.26. The fourth-order valence-electron chi connectivity index (χ4n) is 3.29. The van der Waals surface area contributed by atoms with Gasteiger partial charge in [-0.15, -0.1) is 0 Å². The highest BCUT2D eigenvalue weighted by Gasteiger charge is 2.22. The maximum atomic E-state index is 12.6. The van der Waals surface area contributed by atoms with Gasteiger partial charge in [0, 0.05) is 45.1 Å². The normalized spacial score (nSPS) is 15.0. The molecular weight excluding hydrogens is 356 g/mol. The van der Waals surface area contributed by atoms with Crippen molar-refractivity contribution in [1.29, 1.82) is 0 Å². The van der Waals surface area contributed by atoms with Crippen LogP contribution in [0.5, 0.6) is 0 Å². The second kappa shape index (κ2) is 7.77. The number of hydrogen-bond donors (Lipinski definition) is 1. The molecule has 1 saturated heterocycles. The number of aryl methyl sites for hydroxylation is 1. The molecule has 0 radical (unpaired) electrons. The fourth-order valence-corrected chi connectivity index (χ4v) is 3.29. The first-order chi connectivity index (χ1) is 13.6. The van der Waals surface area contributed by atoms with Crippen LogP contribution in [0.25, 0.3) is 5.65 Å². The van der Waals surface area contributed by atoms with Crippen LogP contribution >= 0.6 is 0 Å². The van der Waals surface area contributed by atoms with Gasteiger partial charge in [0.1, 0.15) is 11.3 Å². The predicted octanol–water partition coefficient (Wildman–Crippen LogP) is 1.75. The van der Waals surface area contributed by atoms with Crippen LogP contribution in [0, 0.1) is 6.92 Å². The second-order valence-corrected chi connectivity index (χ2v) is 6.92. The Bertz CT molecular complexity index is 1040. The summed E-state index contributed by atoms with van der Waals surface area (Å²) in [6.07, 6.45) is 4.88. The lowest BCUT2D eigenvalue weighted by molar-refractivity contribution is 0.142. The third-order valence-electron chi connectivity index (χ3n) is 4.88. The van der Waals surface area contributed by atoms with E-state index in [1.165, 1.54) is 10.6 Å². The third kappa shape index (κ3) is 3.86. The van der Waals surface area contributed by atoms with Gasteiger partial charge in [-0.2, -0.15) is 0 Å². The summed E-state index contributed by atoms with van der Waals surface area (Å²) < 4.78 is 1.44. The molecule has 8 nitrogen and oxygen atoms in total. The van der Waals surface area contributed by atoms with E-state index in [1.54, 1.807) is 17.3 Å². The molecule has 0 atom stereocenters. The lowest BCUT2D eigenvalue weighted by Crippen LogP contribution is -2.50. The van der Waals surface area contributed by atoms with Crippen molar-refractivity contribution in [3.05, 3.63) is 70.5 Å². The topological polar surface area (TPSA) is 82.8 Å². The number of pyridine rings is 2. The van der Waals surface area contributed by atoms with Crippen LogP contribution in [-0.2, 0) is 6.54 Å². The zero-order valence-electron chi connectivity index (χ0n) is 15.7. The van der Waals surface area contributed by atoms with E-state index < -0.39 is 0 Å². The average Bonchev–Trinajstić information content (AvgIpc) is 2.71. The van der Waals surface area contributed by atoms with Crippen LogP contribution in [0.2, 0.25) is 0 Å². The Hall–Kier alpha value is -3.26. The van der Waals surface area contributed by atoms with E-state index in [9.17, 15) is 9.59 Å². The molecule has 0 aromatic carbocycles. The maximum Gasteiger partial charge on any atom is 0.322 e. The van der Waals surface area contributed by atoms with E-state index in [-0.39, 0.29) is 17.3 Å². The Labute approximate surface area is 162 Å². The van der Waals surface area contributed by atoms with Crippen molar-refractivity contribution in [2.45, 2.75) is 13.5 Å². The number of amides is 2. The van der Waals surface area contributed by atoms with Crippen molar-refractivity contribution in [3.63, 3.8) is 0 Å². The van der Waals surface area contributed by atoms with E-state index in [0.717, 1.165) is 30.9 Å². The van der Waals surface area contributed by atoms with Gasteiger partial charge in [0.25, 0.3) is 5.56 Å². The minimum Gasteiger partial charge on any atom is -0.322 e. The highest BCUT2D eigenvalue weighted by atomic mass is 16.2. The van der Waals surface area contributed by atoms with Crippen molar-refractivity contribution in [2.24, 2.45) is 0 Å². The molecule has 8 heteroatoms. The van der Waals surface area contributed by atoms with Crippen LogP contribution in [-0.4, -0.2) is 56.4 Å². The minimum absolute atomic E-state index is 0.183. The quantitative estimate of drug-likeness (QED) is 0.751. The molecule has 1 aliphatic rings. The number of hydrogen-bond acceptors (Lipinski definition) is 5. The summed E-state index contributed by atoms with van der Waals surface area (Å²) in [5.74, 6) is 0. The molecule has 0 bridgehead atoms. The Morgan fingerprint density at radius 1 is 1.14 bits per heavy atom. The van der Waals surface area contributed by atoms with E-state index in [0.29, 0.717) is 18.7 Å². The summed E-state index contributed by atoms with van der Waals surface area (Å²) in [6, 6.07) is 9.26. The van der Waals surface area contributed by atoms with Crippen LogP contribution in [0.1, 0.15) is 11.3 Å². The van der Waals surface area contributed by atoms with Crippen molar-refractivity contribution in [1.82, 2.24) is 24.2 Å². The molecule has 3 aromatic rings. The number of nitrogens with zero attached hydrogens (tertiary/aromatic N) is 5. The summed E-state index contributed by atoms with van der Waals surface area (Å²) in [5, 5.41) is 2.71. The molecule has 28 heavy (non-hydrogen) atoms. The number of rotatable bonds is 3. The summed E-state index contributed by atoms with van der Waals surface area (Å²) >= 11 is 0. The lowest BCUT2D eigenvalue weighted by Gasteiger charge is -2.34. The molecule has 0 unspecified atom stereocenters. The van der Waals surface area contributed by atoms with Gasteiger partial charge >= 0.3 is 6.03 Å². The summed E-state index contributed by atoms with van der Waals surface area (Å²) in [6.45, 7) is 5.43.